The quantitative estimate of drug-likeness (QED) is 0.315. The van der Waals surface area contributed by atoms with E-state index in [0.717, 1.165) is 4.88 Å². The molecule has 2 aromatic rings. The monoisotopic (exact) mass is 499 g/mol. The molecule has 7 nitrogen and oxygen atoms in total. The molecular weight excluding hydrogens is 477 g/mol. The molecule has 172 valence electrons. The number of ether oxygens (including phenoxy) is 3. The van der Waals surface area contributed by atoms with Crippen LogP contribution in [0.15, 0.2) is 29.2 Å². The molecule has 0 aliphatic carbocycles. The lowest BCUT2D eigenvalue weighted by molar-refractivity contribution is -0.140. The summed E-state index contributed by atoms with van der Waals surface area (Å²) in [6, 6.07) is 4.22. The third kappa shape index (κ3) is 4.45. The Kier molecular flexibility index (Phi) is 7.71. The number of likely N-dealkylation sites (tertiary alicyclic amines) is 1. The Morgan fingerprint density at radius 2 is 1.91 bits per heavy atom. The van der Waals surface area contributed by atoms with Gasteiger partial charge in [0.15, 0.2) is 11.5 Å². The van der Waals surface area contributed by atoms with E-state index in [0.29, 0.717) is 0 Å². The number of benzene rings is 1. The Morgan fingerprint density at radius 1 is 1.22 bits per heavy atom. The smallest absolute Gasteiger partial charge is 0.295 e. The van der Waals surface area contributed by atoms with Gasteiger partial charge in [0.1, 0.15) is 10.8 Å². The van der Waals surface area contributed by atoms with E-state index in [1.54, 1.807) is 6.07 Å². The molecule has 1 unspecified atom stereocenters. The zero-order valence-electron chi connectivity index (χ0n) is 18.0. The number of hydrogen-bond acceptors (Lipinski definition) is 7. The van der Waals surface area contributed by atoms with Crippen LogP contribution in [0.4, 0.5) is 0 Å². The number of rotatable bonds is 8. The van der Waals surface area contributed by atoms with Crippen molar-refractivity contribution in [1.82, 2.24) is 4.90 Å². The van der Waals surface area contributed by atoms with Crippen LogP contribution in [0, 0.1) is 0 Å². The number of ketones is 1. The first-order valence-corrected chi connectivity index (χ1v) is 11.4. The van der Waals surface area contributed by atoms with Gasteiger partial charge < -0.3 is 24.2 Å². The molecule has 0 radical (unpaired) electrons. The maximum Gasteiger partial charge on any atom is 0.295 e. The lowest BCUT2D eigenvalue weighted by atomic mass is 9.99. The van der Waals surface area contributed by atoms with Crippen LogP contribution in [-0.2, 0) is 14.3 Å². The number of carbonyl (C=O) groups excluding carboxylic acids is 2. The molecule has 1 amide bonds. The number of nitrogens with zero attached hydrogens (tertiary/aromatic N) is 1. The highest BCUT2D eigenvalue weighted by atomic mass is 35.5. The van der Waals surface area contributed by atoms with E-state index in [9.17, 15) is 14.7 Å². The molecule has 32 heavy (non-hydrogen) atoms. The third-order valence-corrected chi connectivity index (χ3v) is 6.48. The summed E-state index contributed by atoms with van der Waals surface area (Å²) in [4.78, 5) is 28.1. The summed E-state index contributed by atoms with van der Waals surface area (Å²) in [7, 11) is 2.76. The van der Waals surface area contributed by atoms with Crippen molar-refractivity contribution in [2.75, 3.05) is 27.4 Å². The molecular formula is C22H23Cl2NO6S. The van der Waals surface area contributed by atoms with Crippen LogP contribution in [0.2, 0.25) is 10.0 Å². The fourth-order valence-electron chi connectivity index (χ4n) is 3.53. The van der Waals surface area contributed by atoms with Crippen LogP contribution in [0.25, 0.3) is 5.76 Å². The van der Waals surface area contributed by atoms with Gasteiger partial charge in [0.2, 0.25) is 0 Å². The Labute approximate surface area is 200 Å². The van der Waals surface area contributed by atoms with E-state index in [2.05, 4.69) is 0 Å². The van der Waals surface area contributed by atoms with Crippen LogP contribution in [-0.4, -0.2) is 55.2 Å². The Bertz CT molecular complexity index is 1050. The van der Waals surface area contributed by atoms with Gasteiger partial charge in [-0.2, -0.15) is 0 Å². The molecule has 1 saturated heterocycles. The largest absolute Gasteiger partial charge is 0.507 e. The lowest BCUT2D eigenvalue weighted by Gasteiger charge is -2.24. The fraction of sp³-hybridized carbons (Fsp3) is 0.364. The maximum absolute atomic E-state index is 13.0. The lowest BCUT2D eigenvalue weighted by Crippen LogP contribution is -2.33. The first-order valence-electron chi connectivity index (χ1n) is 9.76. The summed E-state index contributed by atoms with van der Waals surface area (Å²) in [6.07, 6.45) is -0.0279. The predicted molar refractivity (Wildman–Crippen MR) is 124 cm³/mol. The second-order valence-corrected chi connectivity index (χ2v) is 8.98. The van der Waals surface area contributed by atoms with Gasteiger partial charge in [-0.05, 0) is 31.4 Å². The minimum atomic E-state index is -0.810. The predicted octanol–water partition coefficient (Wildman–Crippen LogP) is 4.92. The van der Waals surface area contributed by atoms with Gasteiger partial charge in [-0.25, -0.2) is 0 Å². The number of aliphatic hydroxyl groups excluding tert-OH is 1. The van der Waals surface area contributed by atoms with Crippen molar-refractivity contribution in [2.24, 2.45) is 0 Å². The van der Waals surface area contributed by atoms with Crippen LogP contribution in [0.1, 0.15) is 30.3 Å². The van der Waals surface area contributed by atoms with Gasteiger partial charge in [-0.1, -0.05) is 29.3 Å². The second-order valence-electron chi connectivity index (χ2n) is 7.21. The molecule has 1 aliphatic rings. The third-order valence-electron chi connectivity index (χ3n) is 4.93. The zero-order chi connectivity index (χ0) is 23.6. The molecule has 2 heterocycles. The van der Waals surface area contributed by atoms with Crippen molar-refractivity contribution in [3.63, 3.8) is 0 Å². The van der Waals surface area contributed by atoms with E-state index in [1.807, 2.05) is 25.3 Å². The number of halogens is 2. The Hall–Kier alpha value is -2.26. The molecule has 0 bridgehead atoms. The normalized spacial score (nSPS) is 18.0. The number of Topliss-reactive ketones (excluding diaryl/α,β-unsaturated/α-hetero) is 1. The number of amides is 1. The summed E-state index contributed by atoms with van der Waals surface area (Å²) in [5, 5.41) is 13.2. The highest BCUT2D eigenvalue weighted by molar-refractivity contribution is 7.10. The van der Waals surface area contributed by atoms with Crippen LogP contribution in [0.3, 0.4) is 0 Å². The van der Waals surface area contributed by atoms with Crippen LogP contribution >= 0.6 is 34.5 Å². The highest BCUT2D eigenvalue weighted by Crippen LogP contribution is 2.47. The van der Waals surface area contributed by atoms with E-state index < -0.39 is 23.5 Å². The van der Waals surface area contributed by atoms with Crippen molar-refractivity contribution in [3.8, 4) is 11.5 Å². The van der Waals surface area contributed by atoms with Crippen molar-refractivity contribution in [1.29, 1.82) is 0 Å². The summed E-state index contributed by atoms with van der Waals surface area (Å²) < 4.78 is 16.1. The summed E-state index contributed by atoms with van der Waals surface area (Å²) >= 11 is 14.0. The maximum atomic E-state index is 13.0. The number of aliphatic hydroxyl groups is 1. The van der Waals surface area contributed by atoms with Crippen molar-refractivity contribution < 1.29 is 28.9 Å². The first kappa shape index (κ1) is 24.4. The molecule has 1 aromatic carbocycles. The molecule has 1 N–H and O–H groups in total. The number of methoxy groups -OCH3 is 2. The number of hydrogen-bond donors (Lipinski definition) is 1. The average molecular weight is 500 g/mol. The standard InChI is InChI=1S/C22H23Cl2NO6S/c1-11(2)31-8-7-25-17(14-6-5-9-32-14)15(19(27)22(25)28)18(26)12-10-13(23)21(30-4)16(24)20(12)29-3/h5-6,9-11,17,26H,7-8H2,1-4H3/b18-15-. The minimum Gasteiger partial charge on any atom is -0.507 e. The summed E-state index contributed by atoms with van der Waals surface area (Å²) in [5.74, 6) is -1.72. The highest BCUT2D eigenvalue weighted by Gasteiger charge is 2.46. The number of carbonyl (C=O) groups is 2. The van der Waals surface area contributed by atoms with Gasteiger partial charge in [-0.15, -0.1) is 11.3 Å². The van der Waals surface area contributed by atoms with Crippen molar-refractivity contribution in [3.05, 3.63) is 49.6 Å². The molecule has 1 aromatic heterocycles. The van der Waals surface area contributed by atoms with Gasteiger partial charge in [0, 0.05) is 11.4 Å². The van der Waals surface area contributed by atoms with E-state index in [1.165, 1.54) is 36.5 Å². The van der Waals surface area contributed by atoms with Gasteiger partial charge in [-0.3, -0.25) is 9.59 Å². The molecule has 0 spiro atoms. The molecule has 10 heteroatoms. The Morgan fingerprint density at radius 3 is 2.47 bits per heavy atom. The molecule has 1 fully saturated rings. The van der Waals surface area contributed by atoms with Crippen LogP contribution < -0.4 is 9.47 Å². The van der Waals surface area contributed by atoms with Crippen molar-refractivity contribution in [2.45, 2.75) is 26.0 Å². The molecule has 3 rings (SSSR count). The second kappa shape index (κ2) is 10.1. The van der Waals surface area contributed by atoms with E-state index in [-0.39, 0.29) is 51.9 Å². The SMILES string of the molecule is COc1c(Cl)cc(/C(O)=C2/C(=O)C(=O)N(CCOC(C)C)C2c2cccs2)c(OC)c1Cl. The Balaban J connectivity index is 2.17. The van der Waals surface area contributed by atoms with Gasteiger partial charge in [0.25, 0.3) is 11.7 Å². The first-order chi connectivity index (χ1) is 15.2. The topological polar surface area (TPSA) is 85.3 Å². The van der Waals surface area contributed by atoms with Crippen LogP contribution in [0.5, 0.6) is 11.5 Å². The zero-order valence-corrected chi connectivity index (χ0v) is 20.3. The molecule has 0 saturated carbocycles. The summed E-state index contributed by atoms with van der Waals surface area (Å²) in [5.41, 5.74) is 0.0129. The fourth-order valence-corrected chi connectivity index (χ4v) is 5.06. The molecule has 1 atom stereocenters. The van der Waals surface area contributed by atoms with Gasteiger partial charge >= 0.3 is 0 Å². The molecule has 1 aliphatic heterocycles. The van der Waals surface area contributed by atoms with E-state index in [4.69, 9.17) is 37.4 Å². The van der Waals surface area contributed by atoms with Gasteiger partial charge in [0.05, 0.1) is 49.1 Å². The number of thiophene rings is 1. The summed E-state index contributed by atoms with van der Waals surface area (Å²) in [6.45, 7) is 4.20. The van der Waals surface area contributed by atoms with E-state index >= 15 is 0 Å². The van der Waals surface area contributed by atoms with Crippen molar-refractivity contribution >= 4 is 52.0 Å². The minimum absolute atomic E-state index is 0.0279. The average Bonchev–Trinajstić information content (AvgIpc) is 3.35.